The largest absolute Gasteiger partial charge is 0.370 e. The summed E-state index contributed by atoms with van der Waals surface area (Å²) in [6, 6.07) is 3.63. The van der Waals surface area contributed by atoms with E-state index in [4.69, 9.17) is 5.73 Å². The number of hydrogen-bond acceptors (Lipinski definition) is 6. The quantitative estimate of drug-likeness (QED) is 0.614. The smallest absolute Gasteiger partial charge is 0.127 e. The highest BCUT2D eigenvalue weighted by atomic mass is 32.1. The van der Waals surface area contributed by atoms with E-state index >= 15 is 0 Å². The van der Waals surface area contributed by atoms with Crippen molar-refractivity contribution in [3.63, 3.8) is 0 Å². The molecule has 0 aliphatic heterocycles. The first-order valence-electron chi connectivity index (χ1n) is 7.59. The molecule has 0 saturated heterocycles. The molecule has 3 aromatic rings. The summed E-state index contributed by atoms with van der Waals surface area (Å²) in [6.07, 6.45) is -0.561. The standard InChI is InChI=1S/C17H18FN3S3/c1-3-5-12-14(8-13(19)10(2)18)23-16-15(12)21-24-17(16)20-9-11-6-4-7-22-11/h4,6-7,10,13,20H,8-9,19H2,1-2H3/t10-,13+/m0/s1. The zero-order chi connectivity index (χ0) is 17.1. The molecular formula is C17H18FN3S3. The number of nitrogens with zero attached hydrogens (tertiary/aromatic N) is 1. The number of hydrogen-bond donors (Lipinski definition) is 2. The highest BCUT2D eigenvalue weighted by molar-refractivity contribution is 7.24. The molecule has 0 amide bonds. The van der Waals surface area contributed by atoms with Crippen molar-refractivity contribution in [1.82, 2.24) is 4.37 Å². The molecule has 3 aromatic heterocycles. The first-order chi connectivity index (χ1) is 11.6. The van der Waals surface area contributed by atoms with Crippen molar-refractivity contribution in [1.29, 1.82) is 0 Å². The fourth-order valence-corrected chi connectivity index (χ4v) is 5.11. The Kier molecular flexibility index (Phi) is 5.51. The number of halogens is 1. The van der Waals surface area contributed by atoms with Crippen LogP contribution in [0, 0.1) is 11.8 Å². The molecule has 126 valence electrons. The summed E-state index contributed by atoms with van der Waals surface area (Å²) in [7, 11) is 0. The van der Waals surface area contributed by atoms with E-state index in [1.165, 1.54) is 23.3 Å². The van der Waals surface area contributed by atoms with E-state index in [0.29, 0.717) is 6.42 Å². The predicted octanol–water partition coefficient (Wildman–Crippen LogP) is 4.63. The Bertz CT molecular complexity index is 868. The SMILES string of the molecule is CC#Cc1c(C[C@@H](N)[C@H](C)F)sc2c(NCc3cccs3)snc12. The molecule has 0 aliphatic carbocycles. The van der Waals surface area contributed by atoms with Crippen molar-refractivity contribution in [3.8, 4) is 11.8 Å². The summed E-state index contributed by atoms with van der Waals surface area (Å²) >= 11 is 4.79. The van der Waals surface area contributed by atoms with Gasteiger partial charge in [-0.1, -0.05) is 12.0 Å². The molecule has 0 aliphatic rings. The summed E-state index contributed by atoms with van der Waals surface area (Å²) in [4.78, 5) is 2.29. The van der Waals surface area contributed by atoms with Gasteiger partial charge in [-0.25, -0.2) is 4.39 Å². The van der Waals surface area contributed by atoms with Gasteiger partial charge in [0.25, 0.3) is 0 Å². The molecule has 3 rings (SSSR count). The zero-order valence-electron chi connectivity index (χ0n) is 13.4. The van der Waals surface area contributed by atoms with Gasteiger partial charge >= 0.3 is 0 Å². The third kappa shape index (κ3) is 3.62. The van der Waals surface area contributed by atoms with Gasteiger partial charge in [-0.3, -0.25) is 0 Å². The number of fused-ring (bicyclic) bond motifs is 1. The molecule has 0 bridgehead atoms. The fourth-order valence-electron chi connectivity index (χ4n) is 2.31. The van der Waals surface area contributed by atoms with Gasteiger partial charge in [0.15, 0.2) is 0 Å². The van der Waals surface area contributed by atoms with E-state index in [0.717, 1.165) is 32.2 Å². The van der Waals surface area contributed by atoms with Gasteiger partial charge in [-0.2, -0.15) is 4.37 Å². The van der Waals surface area contributed by atoms with Gasteiger partial charge < -0.3 is 11.1 Å². The molecule has 0 spiro atoms. The predicted molar refractivity (Wildman–Crippen MR) is 104 cm³/mol. The molecule has 7 heteroatoms. The molecule has 0 saturated carbocycles. The van der Waals surface area contributed by atoms with Gasteiger partial charge in [0.2, 0.25) is 0 Å². The minimum atomic E-state index is -1.05. The van der Waals surface area contributed by atoms with E-state index in [-0.39, 0.29) is 0 Å². The maximum atomic E-state index is 13.5. The lowest BCUT2D eigenvalue weighted by atomic mass is 10.1. The molecule has 3 heterocycles. The first-order valence-corrected chi connectivity index (χ1v) is 10.1. The van der Waals surface area contributed by atoms with Gasteiger partial charge in [0, 0.05) is 22.2 Å². The molecule has 3 N–H and O–H groups in total. The monoisotopic (exact) mass is 379 g/mol. The van der Waals surface area contributed by atoms with Gasteiger partial charge in [-0.05, 0) is 36.8 Å². The minimum absolute atomic E-state index is 0.484. The number of nitrogens with one attached hydrogen (secondary N) is 1. The Balaban J connectivity index is 1.91. The van der Waals surface area contributed by atoms with Crippen molar-refractivity contribution in [2.24, 2.45) is 5.73 Å². The normalized spacial score (nSPS) is 13.5. The summed E-state index contributed by atoms with van der Waals surface area (Å²) < 4.78 is 19.1. The van der Waals surface area contributed by atoms with Crippen LogP contribution in [0.2, 0.25) is 0 Å². The Morgan fingerprint density at radius 2 is 2.29 bits per heavy atom. The van der Waals surface area contributed by atoms with Crippen molar-refractivity contribution in [2.45, 2.75) is 39.0 Å². The molecule has 24 heavy (non-hydrogen) atoms. The fraction of sp³-hybridized carbons (Fsp3) is 0.353. The lowest BCUT2D eigenvalue weighted by Crippen LogP contribution is -2.31. The van der Waals surface area contributed by atoms with E-state index in [1.54, 1.807) is 29.6 Å². The van der Waals surface area contributed by atoms with Crippen LogP contribution >= 0.6 is 34.2 Å². The third-order valence-electron chi connectivity index (χ3n) is 3.65. The van der Waals surface area contributed by atoms with Gasteiger partial charge in [0.1, 0.15) is 16.7 Å². The lowest BCUT2D eigenvalue weighted by Gasteiger charge is -2.11. The van der Waals surface area contributed by atoms with Crippen LogP contribution in [0.3, 0.4) is 0 Å². The summed E-state index contributed by atoms with van der Waals surface area (Å²) in [6.45, 7) is 4.07. The number of anilines is 1. The van der Waals surface area contributed by atoms with Gasteiger partial charge in [-0.15, -0.1) is 28.6 Å². The van der Waals surface area contributed by atoms with E-state index in [1.807, 2.05) is 6.07 Å². The first kappa shape index (κ1) is 17.4. The van der Waals surface area contributed by atoms with Crippen LogP contribution in [-0.4, -0.2) is 16.6 Å². The number of aromatic nitrogens is 1. The molecule has 0 radical (unpaired) electrons. The van der Waals surface area contributed by atoms with Crippen molar-refractivity contribution >= 4 is 49.4 Å². The highest BCUT2D eigenvalue weighted by Gasteiger charge is 2.21. The second-order valence-electron chi connectivity index (χ2n) is 5.44. The molecule has 2 atom stereocenters. The Hall–Kier alpha value is -1.46. The van der Waals surface area contributed by atoms with Crippen LogP contribution in [0.25, 0.3) is 10.2 Å². The summed E-state index contributed by atoms with van der Waals surface area (Å²) in [5, 5.41) is 6.56. The highest BCUT2D eigenvalue weighted by Crippen LogP contribution is 2.39. The molecule has 0 fully saturated rings. The number of rotatable bonds is 6. The maximum absolute atomic E-state index is 13.5. The lowest BCUT2D eigenvalue weighted by molar-refractivity contribution is 0.305. The van der Waals surface area contributed by atoms with Crippen LogP contribution in [-0.2, 0) is 13.0 Å². The Morgan fingerprint density at radius 1 is 1.46 bits per heavy atom. The van der Waals surface area contributed by atoms with Crippen molar-refractivity contribution in [3.05, 3.63) is 32.8 Å². The second kappa shape index (κ2) is 7.62. The van der Waals surface area contributed by atoms with Crippen LogP contribution in [0.4, 0.5) is 9.39 Å². The summed E-state index contributed by atoms with van der Waals surface area (Å²) in [5.41, 5.74) is 7.72. The Labute approximate surface area is 152 Å². The number of nitrogens with two attached hydrogens (primary N) is 1. The second-order valence-corrected chi connectivity index (χ2v) is 8.35. The average molecular weight is 380 g/mol. The molecule has 0 aromatic carbocycles. The molecule has 0 unspecified atom stereocenters. The number of alkyl halides is 1. The average Bonchev–Trinajstić information content (AvgIpc) is 3.25. The van der Waals surface area contributed by atoms with Crippen LogP contribution in [0.5, 0.6) is 0 Å². The van der Waals surface area contributed by atoms with Crippen LogP contribution < -0.4 is 11.1 Å². The van der Waals surface area contributed by atoms with Crippen LogP contribution in [0.1, 0.15) is 29.2 Å². The van der Waals surface area contributed by atoms with Gasteiger partial charge in [0.05, 0.1) is 16.8 Å². The van der Waals surface area contributed by atoms with Crippen LogP contribution in [0.15, 0.2) is 17.5 Å². The topological polar surface area (TPSA) is 50.9 Å². The number of thiophene rings is 2. The minimum Gasteiger partial charge on any atom is -0.370 e. The zero-order valence-corrected chi connectivity index (χ0v) is 15.9. The Morgan fingerprint density at radius 3 is 2.96 bits per heavy atom. The van der Waals surface area contributed by atoms with Crippen molar-refractivity contribution < 1.29 is 4.39 Å². The van der Waals surface area contributed by atoms with E-state index < -0.39 is 12.2 Å². The third-order valence-corrected chi connectivity index (χ3v) is 6.68. The summed E-state index contributed by atoms with van der Waals surface area (Å²) in [5.74, 6) is 6.06. The van der Waals surface area contributed by atoms with E-state index in [9.17, 15) is 4.39 Å². The maximum Gasteiger partial charge on any atom is 0.127 e. The molecular weight excluding hydrogens is 361 g/mol. The molecule has 3 nitrogen and oxygen atoms in total. The van der Waals surface area contributed by atoms with E-state index in [2.05, 4.69) is 33.0 Å². The van der Waals surface area contributed by atoms with Crippen molar-refractivity contribution in [2.75, 3.05) is 5.32 Å².